The molecule has 1 aromatic carbocycles. The standard InChI is InChI=1S/C11H11NO.C5H14NO.ClH/c1-2-13-11-8-7-9-5-3-4-6-10(9)12-11;1-6(2,3)4-5-7;/h3-8H,2H2,1H3;7H,4-5H2,1-3H3;1H/q;+1;/p-1. The highest BCUT2D eigenvalue weighted by Gasteiger charge is 2.02. The van der Waals surface area contributed by atoms with Gasteiger partial charge in [-0.25, -0.2) is 4.98 Å². The van der Waals surface area contributed by atoms with Gasteiger partial charge in [-0.05, 0) is 19.1 Å². The summed E-state index contributed by atoms with van der Waals surface area (Å²) in [6, 6.07) is 11.9. The number of aromatic nitrogens is 1. The molecule has 0 aliphatic rings. The average molecular weight is 313 g/mol. The smallest absolute Gasteiger partial charge is 0.213 e. The van der Waals surface area contributed by atoms with E-state index >= 15 is 0 Å². The molecule has 0 spiro atoms. The molecule has 0 saturated heterocycles. The number of likely N-dealkylation sites (N-methyl/N-ethyl adjacent to an activating group) is 1. The molecule has 0 aliphatic heterocycles. The van der Waals surface area contributed by atoms with E-state index in [-0.39, 0.29) is 19.0 Å². The summed E-state index contributed by atoms with van der Waals surface area (Å²) in [4.78, 5) is 4.34. The molecule has 118 valence electrons. The Kier molecular flexibility index (Phi) is 8.93. The number of nitrogens with zero attached hydrogens (tertiary/aromatic N) is 2. The minimum absolute atomic E-state index is 0. The van der Waals surface area contributed by atoms with Crippen LogP contribution in [-0.4, -0.2) is 55.5 Å². The Hall–Kier alpha value is -1.36. The molecular formula is C16H25ClN2O2. The number of quaternary nitrogens is 1. The van der Waals surface area contributed by atoms with Crippen molar-refractivity contribution in [3.63, 3.8) is 0 Å². The predicted octanol–water partition coefficient (Wildman–Crippen LogP) is -0.678. The van der Waals surface area contributed by atoms with Crippen molar-refractivity contribution < 1.29 is 26.7 Å². The number of aliphatic hydroxyl groups excluding tert-OH is 1. The van der Waals surface area contributed by atoms with Gasteiger partial charge in [-0.15, -0.1) is 0 Å². The zero-order valence-electron chi connectivity index (χ0n) is 13.2. The molecule has 0 saturated carbocycles. The SMILES string of the molecule is CCOc1ccc2ccccc2n1.C[N+](C)(C)CCO.[Cl-]. The minimum atomic E-state index is 0. The first kappa shape index (κ1) is 19.6. The van der Waals surface area contributed by atoms with Gasteiger partial charge >= 0.3 is 0 Å². The van der Waals surface area contributed by atoms with Crippen molar-refractivity contribution in [2.24, 2.45) is 0 Å². The van der Waals surface area contributed by atoms with Gasteiger partial charge in [-0.3, -0.25) is 0 Å². The van der Waals surface area contributed by atoms with E-state index in [1.165, 1.54) is 0 Å². The molecule has 1 N–H and O–H groups in total. The highest BCUT2D eigenvalue weighted by atomic mass is 35.5. The number of fused-ring (bicyclic) bond motifs is 1. The van der Waals surface area contributed by atoms with E-state index in [0.717, 1.165) is 21.9 Å². The summed E-state index contributed by atoms with van der Waals surface area (Å²) in [6.45, 7) is 3.73. The van der Waals surface area contributed by atoms with Crippen LogP contribution in [0.4, 0.5) is 0 Å². The molecule has 1 heterocycles. The van der Waals surface area contributed by atoms with E-state index in [0.29, 0.717) is 12.5 Å². The second-order valence-electron chi connectivity index (χ2n) is 5.51. The maximum Gasteiger partial charge on any atom is 0.213 e. The van der Waals surface area contributed by atoms with Gasteiger partial charge in [-0.2, -0.15) is 0 Å². The number of pyridine rings is 1. The summed E-state index contributed by atoms with van der Waals surface area (Å²) in [7, 11) is 6.16. The zero-order chi connectivity index (χ0) is 15.0. The van der Waals surface area contributed by atoms with Crippen molar-refractivity contribution in [3.05, 3.63) is 36.4 Å². The third-order valence-corrected chi connectivity index (χ3v) is 2.64. The second-order valence-corrected chi connectivity index (χ2v) is 5.51. The van der Waals surface area contributed by atoms with Crippen molar-refractivity contribution in [2.45, 2.75) is 6.92 Å². The normalized spacial score (nSPS) is 10.3. The summed E-state index contributed by atoms with van der Waals surface area (Å²) in [5.74, 6) is 0.696. The van der Waals surface area contributed by atoms with E-state index in [1.54, 1.807) is 0 Å². The van der Waals surface area contributed by atoms with Gasteiger partial charge in [-0.1, -0.05) is 18.2 Å². The highest BCUT2D eigenvalue weighted by molar-refractivity contribution is 5.78. The van der Waals surface area contributed by atoms with Gasteiger partial charge in [0.25, 0.3) is 0 Å². The Bertz CT molecular complexity index is 527. The first-order valence-electron chi connectivity index (χ1n) is 6.86. The maximum absolute atomic E-state index is 8.39. The van der Waals surface area contributed by atoms with Crippen LogP contribution >= 0.6 is 0 Å². The molecule has 2 aromatic rings. The summed E-state index contributed by atoms with van der Waals surface area (Å²) < 4.78 is 6.15. The molecule has 0 bridgehead atoms. The lowest BCUT2D eigenvalue weighted by molar-refractivity contribution is -0.870. The molecule has 0 amide bonds. The van der Waals surface area contributed by atoms with Crippen LogP contribution in [0.5, 0.6) is 5.88 Å². The number of hydrogen-bond acceptors (Lipinski definition) is 3. The number of para-hydroxylation sites is 1. The van der Waals surface area contributed by atoms with E-state index in [1.807, 2.05) is 43.3 Å². The Morgan fingerprint density at radius 3 is 2.29 bits per heavy atom. The number of hydrogen-bond donors (Lipinski definition) is 1. The van der Waals surface area contributed by atoms with Crippen LogP contribution in [0, 0.1) is 0 Å². The molecular weight excluding hydrogens is 288 g/mol. The Morgan fingerprint density at radius 1 is 1.10 bits per heavy atom. The third kappa shape index (κ3) is 7.85. The number of halogens is 1. The predicted molar refractivity (Wildman–Crippen MR) is 82.9 cm³/mol. The van der Waals surface area contributed by atoms with Crippen LogP contribution in [0.1, 0.15) is 6.92 Å². The van der Waals surface area contributed by atoms with Crippen LogP contribution in [-0.2, 0) is 0 Å². The molecule has 2 rings (SSSR count). The van der Waals surface area contributed by atoms with E-state index < -0.39 is 0 Å². The van der Waals surface area contributed by atoms with Crippen molar-refractivity contribution in [2.75, 3.05) is 40.9 Å². The number of rotatable bonds is 4. The highest BCUT2D eigenvalue weighted by Crippen LogP contribution is 2.15. The van der Waals surface area contributed by atoms with Gasteiger partial charge in [0, 0.05) is 11.5 Å². The van der Waals surface area contributed by atoms with Crippen molar-refractivity contribution in [1.29, 1.82) is 0 Å². The quantitative estimate of drug-likeness (QED) is 0.761. The van der Waals surface area contributed by atoms with Crippen LogP contribution in [0.15, 0.2) is 36.4 Å². The van der Waals surface area contributed by atoms with Gasteiger partial charge in [0.2, 0.25) is 5.88 Å². The van der Waals surface area contributed by atoms with Gasteiger partial charge in [0.1, 0.15) is 6.54 Å². The molecule has 5 heteroatoms. The van der Waals surface area contributed by atoms with Crippen LogP contribution in [0.25, 0.3) is 10.9 Å². The van der Waals surface area contributed by atoms with Crippen LogP contribution < -0.4 is 17.1 Å². The fourth-order valence-electron chi connectivity index (χ4n) is 1.58. The fraction of sp³-hybridized carbons (Fsp3) is 0.438. The van der Waals surface area contributed by atoms with Crippen LogP contribution in [0.3, 0.4) is 0 Å². The lowest BCUT2D eigenvalue weighted by atomic mass is 10.2. The first-order chi connectivity index (χ1) is 9.46. The van der Waals surface area contributed by atoms with Crippen molar-refractivity contribution in [1.82, 2.24) is 4.98 Å². The molecule has 1 aromatic heterocycles. The van der Waals surface area contributed by atoms with E-state index in [9.17, 15) is 0 Å². The summed E-state index contributed by atoms with van der Waals surface area (Å²) in [6.07, 6.45) is 0. The van der Waals surface area contributed by atoms with Gasteiger partial charge < -0.3 is 26.7 Å². The molecule has 0 fully saturated rings. The topological polar surface area (TPSA) is 42.4 Å². The van der Waals surface area contributed by atoms with Gasteiger partial charge in [0.05, 0.1) is 39.9 Å². The Labute approximate surface area is 133 Å². The summed E-state index contributed by atoms with van der Waals surface area (Å²) in [5, 5.41) is 9.53. The average Bonchev–Trinajstić information content (AvgIpc) is 2.38. The monoisotopic (exact) mass is 312 g/mol. The molecule has 0 unspecified atom stereocenters. The van der Waals surface area contributed by atoms with Gasteiger partial charge in [0.15, 0.2) is 0 Å². The van der Waals surface area contributed by atoms with Crippen molar-refractivity contribution >= 4 is 10.9 Å². The molecule has 0 radical (unpaired) electrons. The largest absolute Gasteiger partial charge is 1.00 e. The number of benzene rings is 1. The summed E-state index contributed by atoms with van der Waals surface area (Å²) >= 11 is 0. The lowest BCUT2D eigenvalue weighted by Crippen LogP contribution is -3.00. The summed E-state index contributed by atoms with van der Waals surface area (Å²) in [5.41, 5.74) is 0.980. The lowest BCUT2D eigenvalue weighted by Gasteiger charge is -2.21. The fourth-order valence-corrected chi connectivity index (χ4v) is 1.58. The first-order valence-corrected chi connectivity index (χ1v) is 6.86. The van der Waals surface area contributed by atoms with Crippen LogP contribution in [0.2, 0.25) is 0 Å². The number of ether oxygens (including phenoxy) is 1. The number of aliphatic hydroxyl groups is 1. The van der Waals surface area contributed by atoms with E-state index in [2.05, 4.69) is 26.1 Å². The Balaban J connectivity index is 0.000000436. The molecule has 4 nitrogen and oxygen atoms in total. The Morgan fingerprint density at radius 2 is 1.76 bits per heavy atom. The maximum atomic E-state index is 8.39. The minimum Gasteiger partial charge on any atom is -1.00 e. The third-order valence-electron chi connectivity index (χ3n) is 2.64. The second kappa shape index (κ2) is 9.55. The zero-order valence-corrected chi connectivity index (χ0v) is 14.0. The van der Waals surface area contributed by atoms with E-state index in [4.69, 9.17) is 9.84 Å². The molecule has 0 atom stereocenters. The molecule has 21 heavy (non-hydrogen) atoms. The van der Waals surface area contributed by atoms with Crippen molar-refractivity contribution in [3.8, 4) is 5.88 Å². The molecule has 0 aliphatic carbocycles.